The molecule has 0 fully saturated rings. The second-order valence-electron chi connectivity index (χ2n) is 4.74. The van der Waals surface area contributed by atoms with Crippen LogP contribution >= 0.6 is 11.3 Å². The molecule has 7 heteroatoms. The average Bonchev–Trinajstić information content (AvgIpc) is 2.87. The standard InChI is InChI=1S/C15H20N4O2S/c1-4-6-16-13-11-10(3)12(22-14(11)18-9-17-13)15(21)19(5-2)7-8-20/h4,9,20H,1,5-8H2,2-3H3,(H,16,17,18). The lowest BCUT2D eigenvalue weighted by Gasteiger charge is -2.19. The molecule has 0 aliphatic carbocycles. The van der Waals surface area contributed by atoms with E-state index in [0.717, 1.165) is 15.8 Å². The summed E-state index contributed by atoms with van der Waals surface area (Å²) >= 11 is 1.36. The van der Waals surface area contributed by atoms with Gasteiger partial charge in [-0.25, -0.2) is 9.97 Å². The number of amides is 1. The Balaban J connectivity index is 2.46. The highest BCUT2D eigenvalue weighted by molar-refractivity contribution is 7.20. The van der Waals surface area contributed by atoms with Gasteiger partial charge in [0.25, 0.3) is 5.91 Å². The minimum atomic E-state index is -0.0771. The molecule has 22 heavy (non-hydrogen) atoms. The SMILES string of the molecule is C=CCNc1ncnc2sc(C(=O)N(CC)CCO)c(C)c12. The fourth-order valence-electron chi connectivity index (χ4n) is 2.25. The van der Waals surface area contributed by atoms with Crippen LogP contribution in [0.4, 0.5) is 5.82 Å². The number of likely N-dealkylation sites (N-methyl/N-ethyl adjacent to an activating group) is 1. The number of carbonyl (C=O) groups excluding carboxylic acids is 1. The van der Waals surface area contributed by atoms with E-state index in [2.05, 4.69) is 21.9 Å². The first-order valence-electron chi connectivity index (χ1n) is 7.13. The molecule has 0 aromatic carbocycles. The van der Waals surface area contributed by atoms with Crippen LogP contribution in [0.15, 0.2) is 19.0 Å². The molecule has 1 amide bonds. The van der Waals surface area contributed by atoms with Crippen LogP contribution in [-0.2, 0) is 0 Å². The summed E-state index contributed by atoms with van der Waals surface area (Å²) < 4.78 is 0. The van der Waals surface area contributed by atoms with E-state index in [1.807, 2.05) is 13.8 Å². The molecule has 2 rings (SSSR count). The normalized spacial score (nSPS) is 10.7. The van der Waals surface area contributed by atoms with Crippen molar-refractivity contribution in [3.8, 4) is 0 Å². The molecule has 0 spiro atoms. The molecule has 2 heterocycles. The van der Waals surface area contributed by atoms with Gasteiger partial charge in [-0.15, -0.1) is 17.9 Å². The number of aromatic nitrogens is 2. The monoisotopic (exact) mass is 320 g/mol. The van der Waals surface area contributed by atoms with Gasteiger partial charge in [-0.05, 0) is 19.4 Å². The molecule has 0 saturated heterocycles. The van der Waals surface area contributed by atoms with Gasteiger partial charge in [0.15, 0.2) is 0 Å². The van der Waals surface area contributed by atoms with Gasteiger partial charge >= 0.3 is 0 Å². The maximum atomic E-state index is 12.6. The van der Waals surface area contributed by atoms with Crippen LogP contribution in [0.2, 0.25) is 0 Å². The highest BCUT2D eigenvalue weighted by atomic mass is 32.1. The van der Waals surface area contributed by atoms with Gasteiger partial charge in [0.05, 0.1) is 16.9 Å². The molecule has 0 saturated carbocycles. The van der Waals surface area contributed by atoms with Crippen molar-refractivity contribution in [2.24, 2.45) is 0 Å². The zero-order valence-corrected chi connectivity index (χ0v) is 13.6. The third-order valence-electron chi connectivity index (χ3n) is 3.37. The number of fused-ring (bicyclic) bond motifs is 1. The summed E-state index contributed by atoms with van der Waals surface area (Å²) in [5.41, 5.74) is 0.869. The number of aliphatic hydroxyl groups is 1. The molecule has 0 aliphatic heterocycles. The van der Waals surface area contributed by atoms with Crippen molar-refractivity contribution in [1.82, 2.24) is 14.9 Å². The summed E-state index contributed by atoms with van der Waals surface area (Å²) in [6.07, 6.45) is 3.24. The Kier molecular flexibility index (Phi) is 5.46. The number of aliphatic hydroxyl groups excluding tert-OH is 1. The number of nitrogens with one attached hydrogen (secondary N) is 1. The lowest BCUT2D eigenvalue weighted by molar-refractivity contribution is 0.0736. The highest BCUT2D eigenvalue weighted by Gasteiger charge is 2.22. The Morgan fingerprint density at radius 1 is 1.55 bits per heavy atom. The van der Waals surface area contributed by atoms with Crippen LogP contribution < -0.4 is 5.32 Å². The Labute approximate surface area is 133 Å². The Morgan fingerprint density at radius 3 is 2.95 bits per heavy atom. The highest BCUT2D eigenvalue weighted by Crippen LogP contribution is 2.33. The fourth-order valence-corrected chi connectivity index (χ4v) is 3.36. The molecular weight excluding hydrogens is 300 g/mol. The van der Waals surface area contributed by atoms with E-state index in [9.17, 15) is 4.79 Å². The molecule has 2 aromatic rings. The zero-order valence-electron chi connectivity index (χ0n) is 12.8. The summed E-state index contributed by atoms with van der Waals surface area (Å²) in [7, 11) is 0. The average molecular weight is 320 g/mol. The molecule has 118 valence electrons. The third kappa shape index (κ3) is 3.10. The molecular formula is C15H20N4O2S. The van der Waals surface area contributed by atoms with Gasteiger partial charge in [0, 0.05) is 19.6 Å². The number of rotatable bonds is 7. The number of thiophene rings is 1. The number of nitrogens with zero attached hydrogens (tertiary/aromatic N) is 3. The summed E-state index contributed by atoms with van der Waals surface area (Å²) in [6, 6.07) is 0. The van der Waals surface area contributed by atoms with Gasteiger partial charge in [-0.3, -0.25) is 4.79 Å². The number of carbonyl (C=O) groups is 1. The van der Waals surface area contributed by atoms with Crippen molar-refractivity contribution >= 4 is 33.3 Å². The van der Waals surface area contributed by atoms with Crippen molar-refractivity contribution in [3.63, 3.8) is 0 Å². The van der Waals surface area contributed by atoms with Crippen molar-refractivity contribution < 1.29 is 9.90 Å². The molecule has 0 bridgehead atoms. The van der Waals surface area contributed by atoms with Crippen molar-refractivity contribution in [1.29, 1.82) is 0 Å². The summed E-state index contributed by atoms with van der Waals surface area (Å²) in [5, 5.41) is 13.1. The first kappa shape index (κ1) is 16.4. The van der Waals surface area contributed by atoms with Gasteiger partial charge in [-0.2, -0.15) is 0 Å². The van der Waals surface area contributed by atoms with Crippen LogP contribution in [0.3, 0.4) is 0 Å². The fraction of sp³-hybridized carbons (Fsp3) is 0.400. The number of anilines is 1. The Bertz CT molecular complexity index is 683. The summed E-state index contributed by atoms with van der Waals surface area (Å²) in [6.45, 7) is 8.91. The van der Waals surface area contributed by atoms with Gasteiger partial charge in [-0.1, -0.05) is 6.08 Å². The van der Waals surface area contributed by atoms with Crippen LogP contribution in [-0.4, -0.2) is 52.1 Å². The first-order chi connectivity index (χ1) is 10.6. The lowest BCUT2D eigenvalue weighted by Crippen LogP contribution is -2.33. The number of hydrogen-bond acceptors (Lipinski definition) is 6. The minimum absolute atomic E-state index is 0.0462. The van der Waals surface area contributed by atoms with Gasteiger partial charge in [0.1, 0.15) is 17.0 Å². The van der Waals surface area contributed by atoms with E-state index in [0.29, 0.717) is 30.3 Å². The molecule has 2 aromatic heterocycles. The minimum Gasteiger partial charge on any atom is -0.395 e. The van der Waals surface area contributed by atoms with Crippen LogP contribution in [0.5, 0.6) is 0 Å². The molecule has 0 unspecified atom stereocenters. The van der Waals surface area contributed by atoms with Gasteiger partial charge < -0.3 is 15.3 Å². The van der Waals surface area contributed by atoms with E-state index in [1.54, 1.807) is 11.0 Å². The maximum absolute atomic E-state index is 12.6. The van der Waals surface area contributed by atoms with Crippen molar-refractivity contribution in [2.45, 2.75) is 13.8 Å². The topological polar surface area (TPSA) is 78.4 Å². The lowest BCUT2D eigenvalue weighted by atomic mass is 10.2. The van der Waals surface area contributed by atoms with Crippen LogP contribution in [0, 0.1) is 6.92 Å². The summed E-state index contributed by atoms with van der Waals surface area (Å²) in [4.78, 5) is 24.2. The van der Waals surface area contributed by atoms with Crippen LogP contribution in [0.1, 0.15) is 22.2 Å². The molecule has 0 aliphatic rings. The van der Waals surface area contributed by atoms with Crippen molar-refractivity contribution in [2.75, 3.05) is 31.6 Å². The number of aryl methyl sites for hydroxylation is 1. The zero-order chi connectivity index (χ0) is 16.1. The van der Waals surface area contributed by atoms with E-state index in [-0.39, 0.29) is 12.5 Å². The molecule has 0 atom stereocenters. The Morgan fingerprint density at radius 2 is 2.32 bits per heavy atom. The van der Waals surface area contributed by atoms with E-state index >= 15 is 0 Å². The van der Waals surface area contributed by atoms with E-state index in [4.69, 9.17) is 5.11 Å². The quantitative estimate of drug-likeness (QED) is 0.764. The first-order valence-corrected chi connectivity index (χ1v) is 7.94. The third-order valence-corrected chi connectivity index (χ3v) is 4.56. The number of hydrogen-bond donors (Lipinski definition) is 2. The van der Waals surface area contributed by atoms with Crippen molar-refractivity contribution in [3.05, 3.63) is 29.4 Å². The second-order valence-corrected chi connectivity index (χ2v) is 5.74. The molecule has 2 N–H and O–H groups in total. The smallest absolute Gasteiger partial charge is 0.264 e. The summed E-state index contributed by atoms with van der Waals surface area (Å²) in [5.74, 6) is 0.634. The molecule has 6 nitrogen and oxygen atoms in total. The van der Waals surface area contributed by atoms with Gasteiger partial charge in [0.2, 0.25) is 0 Å². The Hall–Kier alpha value is -1.99. The predicted molar refractivity (Wildman–Crippen MR) is 89.5 cm³/mol. The van der Waals surface area contributed by atoms with Crippen LogP contribution in [0.25, 0.3) is 10.2 Å². The second kappa shape index (κ2) is 7.33. The predicted octanol–water partition coefficient (Wildman–Crippen LogP) is 2.05. The molecule has 0 radical (unpaired) electrons. The van der Waals surface area contributed by atoms with E-state index < -0.39 is 0 Å². The van der Waals surface area contributed by atoms with E-state index in [1.165, 1.54) is 17.7 Å². The largest absolute Gasteiger partial charge is 0.395 e. The maximum Gasteiger partial charge on any atom is 0.264 e.